The molecule has 2 aromatic rings. The van der Waals surface area contributed by atoms with Gasteiger partial charge in [0.2, 0.25) is 0 Å². The summed E-state index contributed by atoms with van der Waals surface area (Å²) in [6.07, 6.45) is 1.15. The van der Waals surface area contributed by atoms with Crippen LogP contribution < -0.4 is 0 Å². The molecule has 7 nitrogen and oxygen atoms in total. The van der Waals surface area contributed by atoms with Crippen LogP contribution in [-0.4, -0.2) is 33.8 Å². The summed E-state index contributed by atoms with van der Waals surface area (Å²) in [5, 5.41) is 9.83. The molecular formula is C19H15NO6. The number of nitrogens with one attached hydrogen (secondary N) is 1. The number of esters is 2. The highest BCUT2D eigenvalue weighted by molar-refractivity contribution is 6.16. The lowest BCUT2D eigenvalue weighted by molar-refractivity contribution is -0.231. The third kappa shape index (κ3) is 3.30. The molecule has 2 N–H and O–H groups in total. The zero-order valence-corrected chi connectivity index (χ0v) is 14.1. The largest absolute Gasteiger partial charge is 0.481 e. The number of rotatable bonds is 2. The second kappa shape index (κ2) is 6.41. The molecule has 1 aromatic heterocycles. The maximum Gasteiger partial charge on any atom is 0.349 e. The molecular weight excluding hydrogens is 338 g/mol. The van der Waals surface area contributed by atoms with Crippen LogP contribution in [0.1, 0.15) is 25.8 Å². The SMILES string of the molecule is CC(C#Cc1cccc2cc[nH]c12)=C1C(=O)OC(C)(CC(=O)O)OC1=O. The third-order valence-corrected chi connectivity index (χ3v) is 3.84. The average Bonchev–Trinajstić information content (AvgIpc) is 2.99. The molecule has 2 heterocycles. The number of aromatic nitrogens is 1. The number of hydrogen-bond acceptors (Lipinski definition) is 5. The molecule has 0 atom stereocenters. The van der Waals surface area contributed by atoms with Crippen LogP contribution in [0.4, 0.5) is 0 Å². The number of fused-ring (bicyclic) bond motifs is 1. The number of carbonyl (C=O) groups is 3. The van der Waals surface area contributed by atoms with Gasteiger partial charge in [0.15, 0.2) is 5.57 Å². The Bertz CT molecular complexity index is 997. The van der Waals surface area contributed by atoms with Gasteiger partial charge >= 0.3 is 17.9 Å². The van der Waals surface area contributed by atoms with Crippen LogP contribution in [0.15, 0.2) is 41.6 Å². The van der Waals surface area contributed by atoms with Gasteiger partial charge in [0.1, 0.15) is 6.42 Å². The summed E-state index contributed by atoms with van der Waals surface area (Å²) in [5.41, 5.74) is 1.40. The van der Waals surface area contributed by atoms with Crippen LogP contribution >= 0.6 is 0 Å². The highest BCUT2D eigenvalue weighted by atomic mass is 16.7. The number of ether oxygens (including phenoxy) is 2. The summed E-state index contributed by atoms with van der Waals surface area (Å²) in [7, 11) is 0. The van der Waals surface area contributed by atoms with E-state index >= 15 is 0 Å². The van der Waals surface area contributed by atoms with Gasteiger partial charge in [-0.2, -0.15) is 0 Å². The summed E-state index contributed by atoms with van der Waals surface area (Å²) in [4.78, 5) is 38.3. The molecule has 1 saturated heterocycles. The quantitative estimate of drug-likeness (QED) is 0.371. The first-order valence-corrected chi connectivity index (χ1v) is 7.76. The van der Waals surface area contributed by atoms with Crippen molar-refractivity contribution in [1.29, 1.82) is 0 Å². The van der Waals surface area contributed by atoms with Crippen molar-refractivity contribution in [2.75, 3.05) is 0 Å². The van der Waals surface area contributed by atoms with Crippen molar-refractivity contribution in [1.82, 2.24) is 4.98 Å². The Labute approximate surface area is 148 Å². The predicted molar refractivity (Wildman–Crippen MR) is 90.7 cm³/mol. The molecule has 0 amide bonds. The smallest absolute Gasteiger partial charge is 0.349 e. The number of allylic oxidation sites excluding steroid dienone is 1. The van der Waals surface area contributed by atoms with Crippen LogP contribution in [0.25, 0.3) is 10.9 Å². The summed E-state index contributed by atoms with van der Waals surface area (Å²) >= 11 is 0. The number of hydrogen-bond donors (Lipinski definition) is 2. The summed E-state index contributed by atoms with van der Waals surface area (Å²) in [6.45, 7) is 2.72. The van der Waals surface area contributed by atoms with Crippen molar-refractivity contribution < 1.29 is 29.0 Å². The maximum atomic E-state index is 12.2. The molecule has 0 radical (unpaired) electrons. The van der Waals surface area contributed by atoms with E-state index in [1.54, 1.807) is 6.20 Å². The van der Waals surface area contributed by atoms with Gasteiger partial charge in [-0.3, -0.25) is 4.79 Å². The Balaban J connectivity index is 1.92. The second-order valence-electron chi connectivity index (χ2n) is 5.98. The predicted octanol–water partition coefficient (Wildman–Crippen LogP) is 2.13. The van der Waals surface area contributed by atoms with E-state index in [-0.39, 0.29) is 11.1 Å². The van der Waals surface area contributed by atoms with Gasteiger partial charge in [0, 0.05) is 29.6 Å². The number of para-hydroxylation sites is 1. The van der Waals surface area contributed by atoms with Crippen molar-refractivity contribution in [2.45, 2.75) is 26.1 Å². The van der Waals surface area contributed by atoms with Gasteiger partial charge in [-0.25, -0.2) is 9.59 Å². The van der Waals surface area contributed by atoms with E-state index in [9.17, 15) is 14.4 Å². The van der Waals surface area contributed by atoms with Crippen molar-refractivity contribution in [2.24, 2.45) is 0 Å². The molecule has 0 unspecified atom stereocenters. The zero-order valence-electron chi connectivity index (χ0n) is 14.1. The lowest BCUT2D eigenvalue weighted by atomic mass is 10.1. The second-order valence-corrected chi connectivity index (χ2v) is 5.98. The molecule has 26 heavy (non-hydrogen) atoms. The lowest BCUT2D eigenvalue weighted by Crippen LogP contribution is -2.45. The van der Waals surface area contributed by atoms with Gasteiger partial charge in [0.05, 0.1) is 5.52 Å². The van der Waals surface area contributed by atoms with Crippen molar-refractivity contribution in [3.8, 4) is 11.8 Å². The van der Waals surface area contributed by atoms with E-state index in [1.807, 2.05) is 24.3 Å². The van der Waals surface area contributed by atoms with E-state index in [1.165, 1.54) is 13.8 Å². The molecule has 3 rings (SSSR count). The molecule has 0 bridgehead atoms. The van der Waals surface area contributed by atoms with E-state index in [0.717, 1.165) is 10.9 Å². The number of benzene rings is 1. The monoisotopic (exact) mass is 353 g/mol. The number of carboxylic acid groups (broad SMARTS) is 1. The number of aromatic amines is 1. The first-order valence-electron chi connectivity index (χ1n) is 7.76. The average molecular weight is 353 g/mol. The fourth-order valence-electron chi connectivity index (χ4n) is 2.66. The summed E-state index contributed by atoms with van der Waals surface area (Å²) in [6, 6.07) is 7.50. The van der Waals surface area contributed by atoms with Crippen LogP contribution in [0.3, 0.4) is 0 Å². The van der Waals surface area contributed by atoms with Crippen molar-refractivity contribution in [3.63, 3.8) is 0 Å². The van der Waals surface area contributed by atoms with Gasteiger partial charge in [-0.15, -0.1) is 0 Å². The van der Waals surface area contributed by atoms with Gasteiger partial charge < -0.3 is 19.6 Å². The van der Waals surface area contributed by atoms with Gasteiger partial charge in [-0.05, 0) is 19.1 Å². The van der Waals surface area contributed by atoms with E-state index in [2.05, 4.69) is 16.8 Å². The maximum absolute atomic E-state index is 12.2. The van der Waals surface area contributed by atoms with Crippen molar-refractivity contribution in [3.05, 3.63) is 47.2 Å². The number of cyclic esters (lactones) is 2. The standard InChI is InChI=1S/C19H15NO6/c1-11(6-7-12-4-3-5-13-8-9-20-16(12)13)15-17(23)25-19(2,10-14(21)22)26-18(15)24/h3-5,8-9,20H,10H2,1-2H3,(H,21,22). The first kappa shape index (κ1) is 17.3. The minimum absolute atomic E-state index is 0.181. The number of carboxylic acids is 1. The molecule has 7 heteroatoms. The molecule has 0 aliphatic carbocycles. The lowest BCUT2D eigenvalue weighted by Gasteiger charge is -2.32. The minimum atomic E-state index is -1.83. The van der Waals surface area contributed by atoms with Gasteiger partial charge in [0.25, 0.3) is 5.79 Å². The minimum Gasteiger partial charge on any atom is -0.481 e. The Morgan fingerprint density at radius 3 is 2.58 bits per heavy atom. The van der Waals surface area contributed by atoms with E-state index < -0.39 is 30.1 Å². The Kier molecular flexibility index (Phi) is 4.26. The molecule has 132 valence electrons. The highest BCUT2D eigenvalue weighted by Crippen LogP contribution is 2.28. The molecule has 1 aliphatic heterocycles. The molecule has 0 spiro atoms. The molecule has 1 aromatic carbocycles. The zero-order chi connectivity index (χ0) is 18.9. The normalized spacial score (nSPS) is 19.4. The Morgan fingerprint density at radius 2 is 1.92 bits per heavy atom. The van der Waals surface area contributed by atoms with Crippen LogP contribution in [0, 0.1) is 11.8 Å². The Hall–Kier alpha value is -3.53. The molecule has 1 fully saturated rings. The fourth-order valence-corrected chi connectivity index (χ4v) is 2.66. The van der Waals surface area contributed by atoms with Crippen LogP contribution in [0.5, 0.6) is 0 Å². The summed E-state index contributed by atoms with van der Waals surface area (Å²) < 4.78 is 10.0. The molecule has 1 aliphatic rings. The van der Waals surface area contributed by atoms with E-state index in [4.69, 9.17) is 14.6 Å². The number of carbonyl (C=O) groups excluding carboxylic acids is 2. The first-order chi connectivity index (χ1) is 12.3. The van der Waals surface area contributed by atoms with Crippen LogP contribution in [0.2, 0.25) is 0 Å². The summed E-state index contributed by atoms with van der Waals surface area (Å²) in [5.74, 6) is 0.709. The van der Waals surface area contributed by atoms with Crippen molar-refractivity contribution >= 4 is 28.8 Å². The van der Waals surface area contributed by atoms with E-state index in [0.29, 0.717) is 5.56 Å². The molecule has 0 saturated carbocycles. The number of H-pyrrole nitrogens is 1. The topological polar surface area (TPSA) is 106 Å². The van der Waals surface area contributed by atoms with Crippen LogP contribution in [-0.2, 0) is 23.9 Å². The highest BCUT2D eigenvalue weighted by Gasteiger charge is 2.44. The number of aliphatic carboxylic acids is 1. The Morgan fingerprint density at radius 1 is 1.23 bits per heavy atom. The fraction of sp³-hybridized carbons (Fsp3) is 0.211. The van der Waals surface area contributed by atoms with Gasteiger partial charge in [-0.1, -0.05) is 24.0 Å². The third-order valence-electron chi connectivity index (χ3n) is 3.84.